The van der Waals surface area contributed by atoms with Crippen LogP contribution in [0, 0.1) is 6.92 Å². The van der Waals surface area contributed by atoms with Crippen LogP contribution in [0.25, 0.3) is 5.65 Å². The minimum atomic E-state index is -0.487. The fraction of sp³-hybridized carbons (Fsp3) is 0.273. The Balaban J connectivity index is 2.72. The van der Waals surface area contributed by atoms with Crippen molar-refractivity contribution in [3.8, 4) is 5.75 Å². The number of pyridine rings is 1. The number of amides is 1. The average molecular weight is 219 g/mol. The number of hydrogen-bond donors (Lipinski definition) is 1. The summed E-state index contributed by atoms with van der Waals surface area (Å²) in [6.45, 7) is 4.20. The summed E-state index contributed by atoms with van der Waals surface area (Å²) in [5, 5.41) is 0. The maximum absolute atomic E-state index is 11.3. The molecule has 0 bridgehead atoms. The summed E-state index contributed by atoms with van der Waals surface area (Å²) in [7, 11) is 0. The Hall–Kier alpha value is -2.04. The van der Waals surface area contributed by atoms with Gasteiger partial charge in [0.15, 0.2) is 11.4 Å². The van der Waals surface area contributed by atoms with Gasteiger partial charge in [-0.25, -0.2) is 4.98 Å². The number of carbonyl (C=O) groups is 1. The number of imidazole rings is 1. The summed E-state index contributed by atoms with van der Waals surface area (Å²) in [5.74, 6) is 0.166. The Kier molecular flexibility index (Phi) is 2.52. The second-order valence-electron chi connectivity index (χ2n) is 3.41. The van der Waals surface area contributed by atoms with E-state index in [1.165, 1.54) is 0 Å². The van der Waals surface area contributed by atoms with Gasteiger partial charge in [-0.15, -0.1) is 0 Å². The van der Waals surface area contributed by atoms with Crippen molar-refractivity contribution in [3.63, 3.8) is 0 Å². The smallest absolute Gasteiger partial charge is 0.267 e. The Bertz CT molecular complexity index is 545. The highest BCUT2D eigenvalue weighted by Crippen LogP contribution is 2.21. The lowest BCUT2D eigenvalue weighted by Gasteiger charge is -2.04. The molecule has 0 radical (unpaired) electrons. The molecule has 0 aromatic carbocycles. The number of primary amides is 1. The number of rotatable bonds is 3. The van der Waals surface area contributed by atoms with Crippen LogP contribution in [0.1, 0.15) is 23.1 Å². The first-order chi connectivity index (χ1) is 7.65. The lowest BCUT2D eigenvalue weighted by atomic mass is 10.3. The van der Waals surface area contributed by atoms with E-state index in [1.54, 1.807) is 23.6 Å². The molecule has 0 fully saturated rings. The number of carbonyl (C=O) groups excluding carboxylic acids is 1. The van der Waals surface area contributed by atoms with E-state index in [4.69, 9.17) is 10.5 Å². The van der Waals surface area contributed by atoms with Crippen molar-refractivity contribution in [1.82, 2.24) is 9.38 Å². The summed E-state index contributed by atoms with van der Waals surface area (Å²) >= 11 is 0. The standard InChI is InChI=1S/C11H13N3O2/c1-3-16-8-5-4-6-14-9(10(12)15)7(2)13-11(8)14/h4-6H,3H2,1-2H3,(H2,12,15). The van der Waals surface area contributed by atoms with Gasteiger partial charge in [0, 0.05) is 6.20 Å². The largest absolute Gasteiger partial charge is 0.490 e. The molecule has 2 rings (SSSR count). The van der Waals surface area contributed by atoms with E-state index >= 15 is 0 Å². The summed E-state index contributed by atoms with van der Waals surface area (Å²) in [5.41, 5.74) is 6.94. The molecule has 0 unspecified atom stereocenters. The first-order valence-electron chi connectivity index (χ1n) is 5.05. The van der Waals surface area contributed by atoms with Crippen LogP contribution >= 0.6 is 0 Å². The van der Waals surface area contributed by atoms with E-state index in [9.17, 15) is 4.79 Å². The fourth-order valence-electron chi connectivity index (χ4n) is 1.72. The second kappa shape index (κ2) is 3.84. The molecule has 0 aliphatic carbocycles. The number of aryl methyl sites for hydroxylation is 1. The minimum Gasteiger partial charge on any atom is -0.490 e. The number of hydrogen-bond acceptors (Lipinski definition) is 3. The number of nitrogens with two attached hydrogens (primary N) is 1. The molecule has 5 heteroatoms. The Morgan fingerprint density at radius 1 is 1.62 bits per heavy atom. The molecule has 0 saturated heterocycles. The normalized spacial score (nSPS) is 10.6. The zero-order chi connectivity index (χ0) is 11.7. The van der Waals surface area contributed by atoms with Crippen LogP contribution in [0.2, 0.25) is 0 Å². The van der Waals surface area contributed by atoms with Crippen molar-refractivity contribution < 1.29 is 9.53 Å². The molecule has 2 N–H and O–H groups in total. The van der Waals surface area contributed by atoms with E-state index < -0.39 is 5.91 Å². The van der Waals surface area contributed by atoms with Gasteiger partial charge in [-0.3, -0.25) is 9.20 Å². The Morgan fingerprint density at radius 3 is 3.00 bits per heavy atom. The van der Waals surface area contributed by atoms with Gasteiger partial charge in [0.1, 0.15) is 5.69 Å². The molecule has 2 heterocycles. The SMILES string of the molecule is CCOc1cccn2c(C(N)=O)c(C)nc12. The lowest BCUT2D eigenvalue weighted by Crippen LogP contribution is -2.15. The quantitative estimate of drug-likeness (QED) is 0.841. The number of nitrogens with zero attached hydrogens (tertiary/aromatic N) is 2. The maximum Gasteiger partial charge on any atom is 0.267 e. The highest BCUT2D eigenvalue weighted by molar-refractivity contribution is 5.93. The molecule has 16 heavy (non-hydrogen) atoms. The van der Waals surface area contributed by atoms with E-state index in [2.05, 4.69) is 4.98 Å². The highest BCUT2D eigenvalue weighted by atomic mass is 16.5. The van der Waals surface area contributed by atoms with Crippen LogP contribution in [-0.4, -0.2) is 21.9 Å². The summed E-state index contributed by atoms with van der Waals surface area (Å²) in [6, 6.07) is 3.61. The van der Waals surface area contributed by atoms with Crippen LogP contribution in [0.3, 0.4) is 0 Å². The Labute approximate surface area is 92.8 Å². The van der Waals surface area contributed by atoms with Gasteiger partial charge >= 0.3 is 0 Å². The van der Waals surface area contributed by atoms with Crippen molar-refractivity contribution in [3.05, 3.63) is 29.7 Å². The topological polar surface area (TPSA) is 69.6 Å². The molecule has 84 valence electrons. The first kappa shape index (κ1) is 10.5. The maximum atomic E-state index is 11.3. The number of aromatic nitrogens is 2. The molecule has 2 aromatic heterocycles. The highest BCUT2D eigenvalue weighted by Gasteiger charge is 2.15. The molecule has 0 saturated carbocycles. The van der Waals surface area contributed by atoms with Crippen LogP contribution in [0.15, 0.2) is 18.3 Å². The van der Waals surface area contributed by atoms with E-state index in [0.29, 0.717) is 29.4 Å². The van der Waals surface area contributed by atoms with E-state index in [-0.39, 0.29) is 0 Å². The van der Waals surface area contributed by atoms with E-state index in [1.807, 2.05) is 13.0 Å². The van der Waals surface area contributed by atoms with Crippen molar-refractivity contribution >= 4 is 11.6 Å². The fourth-order valence-corrected chi connectivity index (χ4v) is 1.72. The van der Waals surface area contributed by atoms with Gasteiger partial charge in [-0.05, 0) is 26.0 Å². The van der Waals surface area contributed by atoms with Crippen molar-refractivity contribution in [1.29, 1.82) is 0 Å². The van der Waals surface area contributed by atoms with Gasteiger partial charge in [-0.2, -0.15) is 0 Å². The van der Waals surface area contributed by atoms with Crippen LogP contribution in [-0.2, 0) is 0 Å². The van der Waals surface area contributed by atoms with Gasteiger partial charge in [0.2, 0.25) is 0 Å². The molecule has 0 aliphatic rings. The molecule has 5 nitrogen and oxygen atoms in total. The third-order valence-electron chi connectivity index (χ3n) is 2.32. The van der Waals surface area contributed by atoms with Crippen molar-refractivity contribution in [2.45, 2.75) is 13.8 Å². The summed E-state index contributed by atoms with van der Waals surface area (Å²) in [6.07, 6.45) is 1.75. The molecule has 2 aromatic rings. The lowest BCUT2D eigenvalue weighted by molar-refractivity contribution is 0.0994. The predicted molar refractivity (Wildman–Crippen MR) is 59.6 cm³/mol. The second-order valence-corrected chi connectivity index (χ2v) is 3.41. The molecular weight excluding hydrogens is 206 g/mol. The van der Waals surface area contributed by atoms with Gasteiger partial charge in [0.25, 0.3) is 5.91 Å². The van der Waals surface area contributed by atoms with Gasteiger partial charge < -0.3 is 10.5 Å². The van der Waals surface area contributed by atoms with Crippen LogP contribution in [0.4, 0.5) is 0 Å². The monoisotopic (exact) mass is 219 g/mol. The van der Waals surface area contributed by atoms with Crippen LogP contribution < -0.4 is 10.5 Å². The molecule has 1 amide bonds. The average Bonchev–Trinajstić information content (AvgIpc) is 2.55. The summed E-state index contributed by atoms with van der Waals surface area (Å²) < 4.78 is 7.09. The van der Waals surface area contributed by atoms with Gasteiger partial charge in [-0.1, -0.05) is 0 Å². The molecule has 0 aliphatic heterocycles. The van der Waals surface area contributed by atoms with Crippen molar-refractivity contribution in [2.24, 2.45) is 5.73 Å². The third kappa shape index (κ3) is 1.50. The molecule has 0 spiro atoms. The third-order valence-corrected chi connectivity index (χ3v) is 2.32. The predicted octanol–water partition coefficient (Wildman–Crippen LogP) is 1.14. The molecular formula is C11H13N3O2. The first-order valence-corrected chi connectivity index (χ1v) is 5.05. The van der Waals surface area contributed by atoms with Crippen molar-refractivity contribution in [2.75, 3.05) is 6.61 Å². The number of ether oxygens (including phenoxy) is 1. The van der Waals surface area contributed by atoms with Crippen LogP contribution in [0.5, 0.6) is 5.75 Å². The minimum absolute atomic E-state index is 0.400. The van der Waals surface area contributed by atoms with Gasteiger partial charge in [0.05, 0.1) is 12.3 Å². The molecule has 0 atom stereocenters. The zero-order valence-corrected chi connectivity index (χ0v) is 9.23. The summed E-state index contributed by atoms with van der Waals surface area (Å²) in [4.78, 5) is 15.6. The number of fused-ring (bicyclic) bond motifs is 1. The Morgan fingerprint density at radius 2 is 2.38 bits per heavy atom. The van der Waals surface area contributed by atoms with E-state index in [0.717, 1.165) is 0 Å². The zero-order valence-electron chi connectivity index (χ0n) is 9.23.